The first-order chi connectivity index (χ1) is 25.6. The summed E-state index contributed by atoms with van der Waals surface area (Å²) in [7, 11) is 2.02. The predicted molar refractivity (Wildman–Crippen MR) is 207 cm³/mol. The van der Waals surface area contributed by atoms with E-state index in [9.17, 15) is 19.8 Å². The van der Waals surface area contributed by atoms with Crippen LogP contribution in [-0.4, -0.2) is 59.2 Å². The monoisotopic (exact) mass is 721 g/mol. The quantitative estimate of drug-likeness (QED) is 0.0867. The maximum absolute atomic E-state index is 12.5. The minimum Gasteiger partial charge on any atom is -0.392 e. The number of ether oxygens (including phenoxy) is 2. The molecule has 0 spiro atoms. The molecule has 0 unspecified atom stereocenters. The van der Waals surface area contributed by atoms with E-state index in [1.807, 2.05) is 92.8 Å². The molecule has 1 aliphatic heterocycles. The van der Waals surface area contributed by atoms with Gasteiger partial charge in [-0.3, -0.25) is 14.5 Å². The van der Waals surface area contributed by atoms with Gasteiger partial charge in [0.25, 0.3) is 0 Å². The van der Waals surface area contributed by atoms with Crippen molar-refractivity contribution in [3.63, 3.8) is 0 Å². The van der Waals surface area contributed by atoms with Gasteiger partial charge < -0.3 is 30.3 Å². The fraction of sp³-hybridized carbons (Fsp3) is 0.409. The van der Waals surface area contributed by atoms with Crippen molar-refractivity contribution in [1.29, 1.82) is 0 Å². The second-order valence-corrected chi connectivity index (χ2v) is 14.3. The van der Waals surface area contributed by atoms with E-state index < -0.39 is 12.4 Å². The number of hydrogen-bond donors (Lipinski definition) is 4. The number of likely N-dealkylation sites (N-methyl/N-ethyl adjacent to an activating group) is 1. The van der Waals surface area contributed by atoms with Crippen LogP contribution in [0.1, 0.15) is 92.8 Å². The van der Waals surface area contributed by atoms with Gasteiger partial charge in [-0.2, -0.15) is 0 Å². The molecule has 4 aromatic carbocycles. The van der Waals surface area contributed by atoms with Crippen molar-refractivity contribution in [2.45, 2.75) is 90.2 Å². The molecule has 6 atom stereocenters. The van der Waals surface area contributed by atoms with E-state index in [4.69, 9.17) is 9.47 Å². The number of carbonyl (C=O) groups is 2. The number of benzene rings is 4. The van der Waals surface area contributed by atoms with Crippen molar-refractivity contribution in [2.75, 3.05) is 20.1 Å². The molecule has 0 saturated carbocycles. The lowest BCUT2D eigenvalue weighted by Crippen LogP contribution is -2.46. The Balaban J connectivity index is 1.29. The Kier molecular flexibility index (Phi) is 14.7. The number of nitrogens with one attached hydrogen (secondary N) is 2. The lowest BCUT2D eigenvalue weighted by Gasteiger charge is -2.43. The Bertz CT molecular complexity index is 1750. The third-order valence-electron chi connectivity index (χ3n) is 10.2. The van der Waals surface area contributed by atoms with Crippen molar-refractivity contribution >= 4 is 11.8 Å². The summed E-state index contributed by atoms with van der Waals surface area (Å²) in [6, 6.07) is 33.9. The number of hydrogen-bond acceptors (Lipinski definition) is 7. The summed E-state index contributed by atoms with van der Waals surface area (Å²) in [5, 5.41) is 26.7. The van der Waals surface area contributed by atoms with Crippen LogP contribution in [-0.2, 0) is 32.2 Å². The summed E-state index contributed by atoms with van der Waals surface area (Å²) in [5.41, 5.74) is 6.68. The molecule has 9 nitrogen and oxygen atoms in total. The van der Waals surface area contributed by atoms with Crippen LogP contribution in [0.25, 0.3) is 11.1 Å². The van der Waals surface area contributed by atoms with Crippen molar-refractivity contribution in [2.24, 2.45) is 5.92 Å². The molecule has 0 aliphatic carbocycles. The van der Waals surface area contributed by atoms with Crippen molar-refractivity contribution < 1.29 is 29.3 Å². The van der Waals surface area contributed by atoms with E-state index in [0.29, 0.717) is 26.1 Å². The van der Waals surface area contributed by atoms with Gasteiger partial charge in [-0.1, -0.05) is 104 Å². The SMILES string of the molecule is CC(=O)NCCCCCC(=O)NCc1cccc(-c2cccc([C@H]3O[C@@H](CN(C)[C@H](C)[C@@H](O)c4ccccc4)[C@@H](C)[C@@H](c4ccc(CO)cc4)O3)c2)c1. The summed E-state index contributed by atoms with van der Waals surface area (Å²) >= 11 is 0. The number of unbranched alkanes of at least 4 members (excludes halogenated alkanes) is 2. The van der Waals surface area contributed by atoms with Gasteiger partial charge in [0.2, 0.25) is 11.8 Å². The molecule has 9 heteroatoms. The zero-order chi connectivity index (χ0) is 37.7. The molecule has 1 fully saturated rings. The highest BCUT2D eigenvalue weighted by molar-refractivity contribution is 5.76. The summed E-state index contributed by atoms with van der Waals surface area (Å²) in [6.07, 6.45) is 1.22. The highest BCUT2D eigenvalue weighted by Gasteiger charge is 2.39. The first kappa shape index (κ1) is 39.8. The molecule has 0 radical (unpaired) electrons. The lowest BCUT2D eigenvalue weighted by atomic mass is 9.89. The van der Waals surface area contributed by atoms with Crippen molar-refractivity contribution in [3.8, 4) is 11.1 Å². The average Bonchev–Trinajstić information content (AvgIpc) is 3.19. The Morgan fingerprint density at radius 3 is 2.25 bits per heavy atom. The van der Waals surface area contributed by atoms with Gasteiger partial charge in [0, 0.05) is 50.5 Å². The zero-order valence-corrected chi connectivity index (χ0v) is 31.4. The van der Waals surface area contributed by atoms with Gasteiger partial charge in [0.15, 0.2) is 6.29 Å². The molecule has 0 bridgehead atoms. The van der Waals surface area contributed by atoms with Crippen LogP contribution in [0, 0.1) is 5.92 Å². The highest BCUT2D eigenvalue weighted by atomic mass is 16.7. The van der Waals surface area contributed by atoms with E-state index in [2.05, 4.69) is 46.7 Å². The smallest absolute Gasteiger partial charge is 0.220 e. The molecule has 1 aliphatic rings. The van der Waals surface area contributed by atoms with Crippen LogP contribution in [0.5, 0.6) is 0 Å². The number of rotatable bonds is 17. The first-order valence-electron chi connectivity index (χ1n) is 18.8. The van der Waals surface area contributed by atoms with Gasteiger partial charge in [-0.15, -0.1) is 0 Å². The maximum Gasteiger partial charge on any atom is 0.220 e. The van der Waals surface area contributed by atoms with Gasteiger partial charge in [0.1, 0.15) is 0 Å². The zero-order valence-electron chi connectivity index (χ0n) is 31.4. The molecule has 1 saturated heterocycles. The minimum absolute atomic E-state index is 0.00596. The Hall–Kier alpha value is -4.38. The van der Waals surface area contributed by atoms with Crippen LogP contribution in [0.4, 0.5) is 0 Å². The summed E-state index contributed by atoms with van der Waals surface area (Å²) in [4.78, 5) is 25.7. The molecule has 1 heterocycles. The van der Waals surface area contributed by atoms with Gasteiger partial charge in [-0.05, 0) is 72.3 Å². The summed E-state index contributed by atoms with van der Waals surface area (Å²) in [5.74, 6) is -0.0208. The van der Waals surface area contributed by atoms with Crippen LogP contribution in [0.3, 0.4) is 0 Å². The number of aliphatic hydroxyl groups is 2. The predicted octanol–water partition coefficient (Wildman–Crippen LogP) is 7.00. The molecular weight excluding hydrogens is 666 g/mol. The Labute approximate surface area is 314 Å². The molecule has 0 aromatic heterocycles. The standard InChI is InChI=1S/C44H55N3O6/c1-30-40(28-47(4)31(2)42(51)35-14-7-5-8-15-35)52-44(53-43(30)36-22-20-33(29-48)21-23-36)39-18-12-17-38(26-39)37-16-11-13-34(25-37)27-46-41(50)19-9-6-10-24-45-32(3)49/h5,7-8,11-18,20-23,25-26,30-31,40,42-44,48,51H,6,9-10,19,24,27-29H2,1-4H3,(H,45,49)(H,46,50)/t30-,31-,40+,42-,43+,44+/m1/s1. The first-order valence-corrected chi connectivity index (χ1v) is 18.8. The van der Waals surface area contributed by atoms with E-state index in [0.717, 1.165) is 58.2 Å². The highest BCUT2D eigenvalue weighted by Crippen LogP contribution is 2.42. The number of carbonyl (C=O) groups excluding carboxylic acids is 2. The van der Waals surface area contributed by atoms with Gasteiger partial charge in [-0.25, -0.2) is 0 Å². The molecule has 5 rings (SSSR count). The summed E-state index contributed by atoms with van der Waals surface area (Å²) < 4.78 is 13.5. The second kappa shape index (κ2) is 19.6. The van der Waals surface area contributed by atoms with E-state index >= 15 is 0 Å². The number of nitrogens with zero attached hydrogens (tertiary/aromatic N) is 1. The van der Waals surface area contributed by atoms with Crippen molar-refractivity contribution in [3.05, 3.63) is 131 Å². The Morgan fingerprint density at radius 1 is 0.811 bits per heavy atom. The fourth-order valence-electron chi connectivity index (χ4n) is 6.81. The van der Waals surface area contributed by atoms with E-state index in [1.165, 1.54) is 6.92 Å². The van der Waals surface area contributed by atoms with Crippen LogP contribution in [0.15, 0.2) is 103 Å². The third-order valence-corrected chi connectivity index (χ3v) is 10.2. The summed E-state index contributed by atoms with van der Waals surface area (Å²) in [6.45, 7) is 7.33. The number of amides is 2. The van der Waals surface area contributed by atoms with E-state index in [-0.39, 0.29) is 42.6 Å². The molecular formula is C44H55N3O6. The van der Waals surface area contributed by atoms with Crippen LogP contribution in [0.2, 0.25) is 0 Å². The maximum atomic E-state index is 12.5. The Morgan fingerprint density at radius 2 is 1.53 bits per heavy atom. The average molecular weight is 722 g/mol. The minimum atomic E-state index is -0.651. The molecule has 282 valence electrons. The molecule has 4 aromatic rings. The van der Waals surface area contributed by atoms with Crippen LogP contribution < -0.4 is 10.6 Å². The van der Waals surface area contributed by atoms with Crippen LogP contribution >= 0.6 is 0 Å². The van der Waals surface area contributed by atoms with Crippen molar-refractivity contribution in [1.82, 2.24) is 15.5 Å². The fourth-order valence-corrected chi connectivity index (χ4v) is 6.81. The largest absolute Gasteiger partial charge is 0.392 e. The van der Waals surface area contributed by atoms with Gasteiger partial charge >= 0.3 is 0 Å². The topological polar surface area (TPSA) is 120 Å². The molecule has 53 heavy (non-hydrogen) atoms. The number of aliphatic hydroxyl groups excluding tert-OH is 2. The van der Waals surface area contributed by atoms with Gasteiger partial charge in [0.05, 0.1) is 24.9 Å². The lowest BCUT2D eigenvalue weighted by molar-refractivity contribution is -0.276. The third kappa shape index (κ3) is 11.3. The molecule has 2 amide bonds. The molecule has 4 N–H and O–H groups in total. The normalized spacial score (nSPS) is 19.8. The second-order valence-electron chi connectivity index (χ2n) is 14.3. The van der Waals surface area contributed by atoms with E-state index in [1.54, 1.807) is 0 Å².